The predicted octanol–water partition coefficient (Wildman–Crippen LogP) is 6.04. The minimum atomic E-state index is -1.22. The zero-order chi connectivity index (χ0) is 29.3. The van der Waals surface area contributed by atoms with E-state index in [1.807, 2.05) is 0 Å². The molecule has 1 fully saturated rings. The van der Waals surface area contributed by atoms with Gasteiger partial charge >= 0.3 is 11.9 Å². The summed E-state index contributed by atoms with van der Waals surface area (Å²) in [6.07, 6.45) is 4.21. The molecule has 41 heavy (non-hydrogen) atoms. The number of hydrogen-bond donors (Lipinski definition) is 1. The van der Waals surface area contributed by atoms with Crippen LogP contribution in [0.5, 0.6) is 0 Å². The van der Waals surface area contributed by atoms with Crippen LogP contribution in [0.25, 0.3) is 0 Å². The van der Waals surface area contributed by atoms with E-state index in [2.05, 4.69) is 15.3 Å². The molecule has 0 spiro atoms. The van der Waals surface area contributed by atoms with Crippen molar-refractivity contribution in [3.8, 4) is 0 Å². The van der Waals surface area contributed by atoms with E-state index in [1.165, 1.54) is 24.5 Å². The van der Waals surface area contributed by atoms with Crippen LogP contribution < -0.4 is 5.32 Å². The van der Waals surface area contributed by atoms with Gasteiger partial charge in [-0.05, 0) is 51.5 Å². The fraction of sp³-hybridized carbons (Fsp3) is 0.393. The number of benzene rings is 1. The number of esters is 2. The Labute approximate surface area is 243 Å². The van der Waals surface area contributed by atoms with E-state index in [0.29, 0.717) is 53.9 Å². The summed E-state index contributed by atoms with van der Waals surface area (Å²) in [4.78, 5) is 38.9. The third-order valence-electron chi connectivity index (χ3n) is 7.24. The van der Waals surface area contributed by atoms with Crippen LogP contribution in [0.1, 0.15) is 77.3 Å². The minimum Gasteiger partial charge on any atom is -0.464 e. The van der Waals surface area contributed by atoms with E-state index < -0.39 is 34.6 Å². The quantitative estimate of drug-likeness (QED) is 0.256. The number of nitrogens with one attached hydrogen (secondary N) is 1. The van der Waals surface area contributed by atoms with E-state index in [-0.39, 0.29) is 35.3 Å². The Morgan fingerprint density at radius 3 is 2.56 bits per heavy atom. The minimum absolute atomic E-state index is 0.0397. The zero-order valence-electron chi connectivity index (χ0n) is 22.5. The second-order valence-corrected chi connectivity index (χ2v) is 10.9. The van der Waals surface area contributed by atoms with Crippen LogP contribution in [0.2, 0.25) is 5.02 Å². The van der Waals surface area contributed by atoms with Crippen molar-refractivity contribution in [2.75, 3.05) is 13.7 Å². The number of allylic oxidation sites excluding steroid dienone is 1. The summed E-state index contributed by atoms with van der Waals surface area (Å²) in [6.45, 7) is 3.46. The van der Waals surface area contributed by atoms with Crippen molar-refractivity contribution in [3.05, 3.63) is 79.6 Å². The number of methoxy groups -OCH3 is 1. The molecule has 3 heterocycles. The van der Waals surface area contributed by atoms with Crippen molar-refractivity contribution in [2.45, 2.75) is 51.5 Å². The number of carbonyl (C=O) groups excluding carboxylic acids is 2. The molecule has 1 atom stereocenters. The lowest BCUT2D eigenvalue weighted by Gasteiger charge is -2.34. The molecule has 1 aromatic carbocycles. The van der Waals surface area contributed by atoms with Crippen molar-refractivity contribution in [1.82, 2.24) is 15.3 Å². The van der Waals surface area contributed by atoms with Crippen molar-refractivity contribution >= 4 is 40.7 Å². The summed E-state index contributed by atoms with van der Waals surface area (Å²) in [5.41, 5.74) is 1.05. The van der Waals surface area contributed by atoms with Crippen LogP contribution in [0, 0.1) is 24.5 Å². The summed E-state index contributed by atoms with van der Waals surface area (Å²) in [6, 6.07) is 1.24. The first-order valence-electron chi connectivity index (χ1n) is 13.1. The molecular weight excluding hydrogens is 578 g/mol. The monoisotopic (exact) mass is 604 g/mol. The van der Waals surface area contributed by atoms with E-state index in [9.17, 15) is 18.4 Å². The highest BCUT2D eigenvalue weighted by Gasteiger charge is 2.39. The number of amidine groups is 1. The fourth-order valence-electron chi connectivity index (χ4n) is 5.25. The van der Waals surface area contributed by atoms with Gasteiger partial charge < -0.3 is 19.2 Å². The average Bonchev–Trinajstić information content (AvgIpc) is 3.66. The number of carbonyl (C=O) groups is 2. The molecule has 2 aromatic heterocycles. The number of thiazole rings is 1. The average molecular weight is 605 g/mol. The molecule has 216 valence electrons. The molecule has 0 amide bonds. The second-order valence-electron chi connectivity index (χ2n) is 9.65. The van der Waals surface area contributed by atoms with Crippen LogP contribution in [-0.4, -0.2) is 41.5 Å². The van der Waals surface area contributed by atoms with Crippen molar-refractivity contribution in [1.29, 1.82) is 0 Å². The molecule has 0 saturated heterocycles. The maximum Gasteiger partial charge on any atom is 0.360 e. The topological polar surface area (TPSA) is 116 Å². The number of rotatable bonds is 7. The zero-order valence-corrected chi connectivity index (χ0v) is 24.1. The summed E-state index contributed by atoms with van der Waals surface area (Å²) in [7, 11) is 1.29. The summed E-state index contributed by atoms with van der Waals surface area (Å²) in [5.74, 6) is -2.43. The lowest BCUT2D eigenvalue weighted by atomic mass is 9.78. The maximum absolute atomic E-state index is 14.6. The van der Waals surface area contributed by atoms with Crippen LogP contribution in [-0.2, 0) is 14.3 Å². The normalized spacial score (nSPS) is 20.8. The highest BCUT2D eigenvalue weighted by Crippen LogP contribution is 2.44. The SMILES string of the molecule is CCOC(=O)C1=C(C2CCC(c3nc(C(=O)OC)c(C)o3)CC2)NC(c2nccs2)=NC1c1ccc(F)c(F)c1Cl. The van der Waals surface area contributed by atoms with Crippen LogP contribution >= 0.6 is 22.9 Å². The first kappa shape index (κ1) is 28.9. The Kier molecular flexibility index (Phi) is 8.50. The second kappa shape index (κ2) is 12.1. The number of aryl methyl sites for hydroxylation is 1. The molecule has 1 unspecified atom stereocenters. The maximum atomic E-state index is 14.6. The standard InChI is InChI=1S/C28H27ClF2N4O5S/c1-4-39-27(36)18-22(14-5-7-15(8-6-14)25-35-21(13(2)40-25)28(37)38-3)33-24(26-32-11-12-41-26)34-23(18)16-9-10-17(30)20(31)19(16)29/h9-12,14-15,23H,4-8H2,1-3H3,(H,33,34). The van der Waals surface area contributed by atoms with Gasteiger partial charge in [-0.3, -0.25) is 4.99 Å². The third kappa shape index (κ3) is 5.62. The highest BCUT2D eigenvalue weighted by atomic mass is 35.5. The first-order chi connectivity index (χ1) is 19.7. The van der Waals surface area contributed by atoms with E-state index >= 15 is 0 Å². The van der Waals surface area contributed by atoms with Gasteiger partial charge in [0.1, 0.15) is 11.8 Å². The van der Waals surface area contributed by atoms with Crippen LogP contribution in [0.15, 0.2) is 44.4 Å². The Bertz CT molecular complexity index is 1530. The largest absolute Gasteiger partial charge is 0.464 e. The number of aromatic nitrogens is 2. The number of halogens is 3. The Hall–Kier alpha value is -3.64. The first-order valence-corrected chi connectivity index (χ1v) is 14.3. The Morgan fingerprint density at radius 2 is 1.90 bits per heavy atom. The molecule has 1 saturated carbocycles. The van der Waals surface area contributed by atoms with E-state index in [0.717, 1.165) is 6.07 Å². The lowest BCUT2D eigenvalue weighted by molar-refractivity contribution is -0.139. The molecule has 1 N–H and O–H groups in total. The molecule has 1 aliphatic heterocycles. The molecule has 3 aromatic rings. The van der Waals surface area contributed by atoms with Gasteiger partial charge in [0, 0.05) is 28.8 Å². The Morgan fingerprint density at radius 1 is 1.17 bits per heavy atom. The number of nitrogens with zero attached hydrogens (tertiary/aromatic N) is 3. The predicted molar refractivity (Wildman–Crippen MR) is 147 cm³/mol. The smallest absolute Gasteiger partial charge is 0.360 e. The van der Waals surface area contributed by atoms with Gasteiger partial charge in [-0.2, -0.15) is 0 Å². The van der Waals surface area contributed by atoms with Crippen LogP contribution in [0.3, 0.4) is 0 Å². The molecule has 13 heteroatoms. The number of aliphatic imine (C=N–C) groups is 1. The summed E-state index contributed by atoms with van der Waals surface area (Å²) < 4.78 is 44.6. The van der Waals surface area contributed by atoms with Gasteiger partial charge in [-0.1, -0.05) is 17.7 Å². The third-order valence-corrected chi connectivity index (χ3v) is 8.41. The number of hydrogen-bond acceptors (Lipinski definition) is 10. The Balaban J connectivity index is 1.52. The highest BCUT2D eigenvalue weighted by molar-refractivity contribution is 7.11. The van der Waals surface area contributed by atoms with Gasteiger partial charge in [0.25, 0.3) is 0 Å². The van der Waals surface area contributed by atoms with Gasteiger partial charge in [0.15, 0.2) is 34.1 Å². The number of ether oxygens (including phenoxy) is 2. The van der Waals surface area contributed by atoms with E-state index in [1.54, 1.807) is 25.4 Å². The van der Waals surface area contributed by atoms with Crippen LogP contribution in [0.4, 0.5) is 8.78 Å². The molecule has 9 nitrogen and oxygen atoms in total. The molecule has 0 bridgehead atoms. The van der Waals surface area contributed by atoms with Gasteiger partial charge in [0.2, 0.25) is 0 Å². The van der Waals surface area contributed by atoms with Gasteiger partial charge in [-0.15, -0.1) is 11.3 Å². The summed E-state index contributed by atoms with van der Waals surface area (Å²) in [5, 5.41) is 5.21. The van der Waals surface area contributed by atoms with E-state index in [4.69, 9.17) is 30.5 Å². The molecule has 0 radical (unpaired) electrons. The van der Waals surface area contributed by atoms with Crippen molar-refractivity contribution < 1.29 is 32.3 Å². The lowest BCUT2D eigenvalue weighted by Crippen LogP contribution is -2.38. The van der Waals surface area contributed by atoms with Gasteiger partial charge in [0.05, 0.1) is 24.3 Å². The fourth-order valence-corrected chi connectivity index (χ4v) is 6.10. The molecule has 1 aliphatic carbocycles. The van der Waals surface area contributed by atoms with Crippen molar-refractivity contribution in [3.63, 3.8) is 0 Å². The molecule has 2 aliphatic rings. The molecular formula is C28H27ClF2N4O5S. The number of oxazole rings is 1. The van der Waals surface area contributed by atoms with Crippen molar-refractivity contribution in [2.24, 2.45) is 10.9 Å². The van der Waals surface area contributed by atoms with Gasteiger partial charge in [-0.25, -0.2) is 28.3 Å². The molecule has 5 rings (SSSR count). The summed E-state index contributed by atoms with van der Waals surface area (Å²) >= 11 is 7.62.